The van der Waals surface area contributed by atoms with E-state index in [-0.39, 0.29) is 53.3 Å². The first kappa shape index (κ1) is 37.3. The number of alkyl halides is 2. The van der Waals surface area contributed by atoms with Gasteiger partial charge in [0.15, 0.2) is 11.3 Å². The van der Waals surface area contributed by atoms with E-state index in [4.69, 9.17) is 4.74 Å². The average molecular weight is 774 g/mol. The van der Waals surface area contributed by atoms with Crippen LogP contribution in [0.5, 0.6) is 5.88 Å². The number of amides is 3. The number of para-hydroxylation sites is 1. The normalized spacial score (nSPS) is 21.1. The van der Waals surface area contributed by atoms with E-state index in [1.807, 2.05) is 18.2 Å². The van der Waals surface area contributed by atoms with Crippen LogP contribution >= 0.6 is 0 Å². The molecule has 0 radical (unpaired) electrons. The summed E-state index contributed by atoms with van der Waals surface area (Å²) in [5.74, 6) is -0.951. The number of aryl methyl sites for hydroxylation is 1. The van der Waals surface area contributed by atoms with Gasteiger partial charge < -0.3 is 19.9 Å². The number of aromatic nitrogens is 7. The molecule has 5 aromatic rings. The summed E-state index contributed by atoms with van der Waals surface area (Å²) in [5, 5.41) is 13.4. The van der Waals surface area contributed by atoms with Gasteiger partial charge in [0.25, 0.3) is 12.3 Å². The van der Waals surface area contributed by atoms with Crippen LogP contribution < -0.4 is 26.0 Å². The second kappa shape index (κ2) is 15.1. The first-order chi connectivity index (χ1) is 27.0. The predicted molar refractivity (Wildman–Crippen MR) is 202 cm³/mol. The summed E-state index contributed by atoms with van der Waals surface area (Å²) in [4.78, 5) is 60.2. The van der Waals surface area contributed by atoms with Gasteiger partial charge in [-0.15, -0.1) is 5.10 Å². The maximum Gasteiger partial charge on any atom is 0.329 e. The number of carbonyl (C=O) groups is 3. The summed E-state index contributed by atoms with van der Waals surface area (Å²) >= 11 is 0. The minimum absolute atomic E-state index is 0.0333. The fraction of sp³-hybridized carbons (Fsp3) is 0.500. The maximum atomic E-state index is 14.2. The van der Waals surface area contributed by atoms with Crippen molar-refractivity contribution >= 4 is 45.8 Å². The van der Waals surface area contributed by atoms with Gasteiger partial charge in [-0.3, -0.25) is 33.5 Å². The molecule has 0 bridgehead atoms. The van der Waals surface area contributed by atoms with Gasteiger partial charge in [0, 0.05) is 57.7 Å². The fourth-order valence-corrected chi connectivity index (χ4v) is 8.84. The Morgan fingerprint density at radius 1 is 1.05 bits per heavy atom. The topological polar surface area (TPSA) is 166 Å². The highest BCUT2D eigenvalue weighted by molar-refractivity contribution is 6.10. The van der Waals surface area contributed by atoms with E-state index < -0.39 is 30.0 Å². The van der Waals surface area contributed by atoms with Crippen molar-refractivity contribution in [1.29, 1.82) is 0 Å². The number of anilines is 2. The van der Waals surface area contributed by atoms with Gasteiger partial charge in [0.1, 0.15) is 11.6 Å². The van der Waals surface area contributed by atoms with Crippen molar-refractivity contribution in [1.82, 2.24) is 43.7 Å². The molecule has 56 heavy (non-hydrogen) atoms. The maximum absolute atomic E-state index is 14.2. The molecular weight excluding hydrogens is 728 g/mol. The summed E-state index contributed by atoms with van der Waals surface area (Å²) in [5.41, 5.74) is 1.88. The Hall–Kier alpha value is -5.65. The third-order valence-corrected chi connectivity index (χ3v) is 11.8. The van der Waals surface area contributed by atoms with Crippen molar-refractivity contribution in [2.75, 3.05) is 44.0 Å². The number of nitrogens with zero attached hydrogens (tertiary/aromatic N) is 9. The van der Waals surface area contributed by atoms with E-state index in [9.17, 15) is 28.0 Å². The third-order valence-electron chi connectivity index (χ3n) is 11.8. The van der Waals surface area contributed by atoms with Crippen LogP contribution in [0.15, 0.2) is 47.7 Å². The first-order valence-electron chi connectivity index (χ1n) is 19.1. The molecule has 1 unspecified atom stereocenters. The number of piperidine rings is 2. The number of nitrogens with one attached hydrogen (secondary N) is 2. The van der Waals surface area contributed by atoms with Crippen LogP contribution in [0.1, 0.15) is 85.9 Å². The van der Waals surface area contributed by atoms with Gasteiger partial charge in [0.2, 0.25) is 17.7 Å². The van der Waals surface area contributed by atoms with Crippen LogP contribution in [-0.2, 0) is 16.6 Å². The number of hydrogen-bond donors (Lipinski definition) is 2. The number of fused-ring (bicyclic) bond motifs is 2. The highest BCUT2D eigenvalue weighted by Gasteiger charge is 2.34. The predicted octanol–water partition coefficient (Wildman–Crippen LogP) is 4.09. The Balaban J connectivity index is 0.875. The molecule has 2 saturated heterocycles. The SMILES string of the molecule is COc1nn2cccnc2c1C(=O)Nc1cn([C@H]2CC[C@H](CN(C)C3CCN(c4cccc5c4n(C)c(=O)n5C4CCC(=O)NC4=O)CC3)CC2)nc1C(F)F. The Labute approximate surface area is 320 Å². The Kier molecular flexibility index (Phi) is 10.1. The van der Waals surface area contributed by atoms with Crippen molar-refractivity contribution in [2.24, 2.45) is 13.0 Å². The van der Waals surface area contributed by atoms with Crippen molar-refractivity contribution in [2.45, 2.75) is 75.9 Å². The van der Waals surface area contributed by atoms with Crippen LogP contribution in [-0.4, -0.2) is 96.0 Å². The summed E-state index contributed by atoms with van der Waals surface area (Å²) < 4.78 is 39.7. The zero-order chi connectivity index (χ0) is 39.2. The van der Waals surface area contributed by atoms with Crippen LogP contribution in [0.25, 0.3) is 16.7 Å². The molecule has 1 aliphatic carbocycles. The molecule has 8 rings (SSSR count). The molecule has 3 amide bonds. The lowest BCUT2D eigenvalue weighted by molar-refractivity contribution is -0.135. The third kappa shape index (κ3) is 6.79. The second-order valence-electron chi connectivity index (χ2n) is 15.1. The monoisotopic (exact) mass is 773 g/mol. The van der Waals surface area contributed by atoms with E-state index in [0.29, 0.717) is 17.5 Å². The molecule has 18 heteroatoms. The van der Waals surface area contributed by atoms with Crippen molar-refractivity contribution in [3.63, 3.8) is 0 Å². The van der Waals surface area contributed by atoms with Crippen LogP contribution in [0.2, 0.25) is 0 Å². The van der Waals surface area contributed by atoms with Crippen molar-refractivity contribution in [3.05, 3.63) is 64.6 Å². The Bertz CT molecular complexity index is 2350. The molecule has 4 aromatic heterocycles. The minimum Gasteiger partial charge on any atom is -0.479 e. The highest BCUT2D eigenvalue weighted by Crippen LogP contribution is 2.37. The van der Waals surface area contributed by atoms with E-state index in [2.05, 4.69) is 42.7 Å². The largest absolute Gasteiger partial charge is 0.479 e. The number of carbonyl (C=O) groups excluding carboxylic acids is 3. The summed E-state index contributed by atoms with van der Waals surface area (Å²) in [6.07, 6.45) is 7.51. The lowest BCUT2D eigenvalue weighted by Crippen LogP contribution is -2.45. The number of methoxy groups -OCH3 is 1. The second-order valence-corrected chi connectivity index (χ2v) is 15.1. The molecule has 2 aliphatic heterocycles. The quantitative estimate of drug-likeness (QED) is 0.198. The summed E-state index contributed by atoms with van der Waals surface area (Å²) in [6, 6.07) is 7.04. The molecule has 16 nitrogen and oxygen atoms in total. The minimum atomic E-state index is -2.88. The number of hydrogen-bond acceptors (Lipinski definition) is 10. The van der Waals surface area contributed by atoms with Gasteiger partial charge >= 0.3 is 5.69 Å². The zero-order valence-corrected chi connectivity index (χ0v) is 31.5. The molecule has 2 N–H and O–H groups in total. The molecule has 1 atom stereocenters. The number of imide groups is 1. The van der Waals surface area contributed by atoms with Crippen LogP contribution in [0.3, 0.4) is 0 Å². The fourth-order valence-electron chi connectivity index (χ4n) is 8.84. The average Bonchev–Trinajstić information content (AvgIpc) is 3.87. The molecule has 0 spiro atoms. The van der Waals surface area contributed by atoms with Crippen molar-refractivity contribution in [3.8, 4) is 5.88 Å². The Morgan fingerprint density at radius 2 is 1.82 bits per heavy atom. The molecule has 6 heterocycles. The molecule has 3 fully saturated rings. The number of ether oxygens (including phenoxy) is 1. The standard InChI is InChI=1S/C38H45F2N11O5/c1-46(23-14-18-48(19-15-23)26-6-4-7-27-32(26)47(2)38(55)51(27)28-12-13-29(52)43-35(28)53)20-22-8-10-24(11-9-22)50-21-25(31(44-50)33(39)40)42-36(54)30-34-41-16-5-17-49(34)45-37(30)56-3/h4-7,16-17,21-24,28,33H,8-15,18-20H2,1-3H3,(H,42,54)(H,43,52,53)/t22-,24-,28?. The first-order valence-corrected chi connectivity index (χ1v) is 19.1. The van der Waals surface area contributed by atoms with Crippen molar-refractivity contribution < 1.29 is 27.9 Å². The van der Waals surface area contributed by atoms with E-state index in [1.165, 1.54) is 28.6 Å². The van der Waals surface area contributed by atoms with Gasteiger partial charge in [-0.1, -0.05) is 6.07 Å². The number of benzene rings is 1. The van der Waals surface area contributed by atoms with Crippen LogP contribution in [0, 0.1) is 5.92 Å². The van der Waals surface area contributed by atoms with Gasteiger partial charge in [-0.2, -0.15) is 5.10 Å². The molecule has 1 aromatic carbocycles. The lowest BCUT2D eigenvalue weighted by atomic mass is 9.85. The van der Waals surface area contributed by atoms with E-state index in [1.54, 1.807) is 28.6 Å². The van der Waals surface area contributed by atoms with E-state index in [0.717, 1.165) is 69.4 Å². The molecule has 296 valence electrons. The van der Waals surface area contributed by atoms with Crippen LogP contribution in [0.4, 0.5) is 20.2 Å². The van der Waals surface area contributed by atoms with Gasteiger partial charge in [0.05, 0.1) is 35.6 Å². The molecule has 1 saturated carbocycles. The summed E-state index contributed by atoms with van der Waals surface area (Å²) in [6.45, 7) is 2.54. The number of rotatable bonds is 10. The summed E-state index contributed by atoms with van der Waals surface area (Å²) in [7, 11) is 5.27. The number of imidazole rings is 1. The molecular formula is C38H45F2N11O5. The van der Waals surface area contributed by atoms with Gasteiger partial charge in [-0.05, 0) is 76.1 Å². The highest BCUT2D eigenvalue weighted by atomic mass is 19.3. The van der Waals surface area contributed by atoms with E-state index >= 15 is 0 Å². The van der Waals surface area contributed by atoms with Gasteiger partial charge in [-0.25, -0.2) is 23.1 Å². The lowest BCUT2D eigenvalue weighted by Gasteiger charge is -2.40. The smallest absolute Gasteiger partial charge is 0.329 e. The number of halogens is 2. The zero-order valence-electron chi connectivity index (χ0n) is 31.5. The Morgan fingerprint density at radius 3 is 2.54 bits per heavy atom. The molecule has 3 aliphatic rings.